The van der Waals surface area contributed by atoms with Crippen LogP contribution in [-0.4, -0.2) is 4.98 Å². The zero-order valence-corrected chi connectivity index (χ0v) is 6.26. The number of terminal acetylenes is 1. The van der Waals surface area contributed by atoms with E-state index in [-0.39, 0.29) is 0 Å². The number of pyridine rings is 1. The van der Waals surface area contributed by atoms with Gasteiger partial charge < -0.3 is 11.5 Å². The maximum Gasteiger partial charge on any atom is 0.148 e. The molecule has 56 valence electrons. The van der Waals surface area contributed by atoms with Crippen molar-refractivity contribution in [2.75, 3.05) is 11.5 Å². The Morgan fingerprint density at radius 1 is 1.55 bits per heavy atom. The average Bonchev–Trinajstić information content (AvgIpc) is 1.99. The Hall–Kier alpha value is -1.69. The molecule has 1 aromatic heterocycles. The van der Waals surface area contributed by atoms with Crippen LogP contribution in [0.2, 0.25) is 0 Å². The Kier molecular flexibility index (Phi) is 1.69. The number of nitrogens with zero attached hydrogens (tertiary/aromatic N) is 1. The van der Waals surface area contributed by atoms with Gasteiger partial charge in [0.05, 0.1) is 5.69 Å². The fraction of sp³-hybridized carbons (Fsp3) is 0.125. The molecule has 0 saturated heterocycles. The molecule has 0 aliphatic heterocycles. The van der Waals surface area contributed by atoms with Gasteiger partial charge in [0.2, 0.25) is 0 Å². The first-order valence-electron chi connectivity index (χ1n) is 3.14. The van der Waals surface area contributed by atoms with Gasteiger partial charge in [-0.05, 0) is 18.6 Å². The van der Waals surface area contributed by atoms with Crippen molar-refractivity contribution < 1.29 is 0 Å². The standard InChI is InChI=1S/C8H9N3/c1-3-6-4-5(2)7(9)8(10)11-6/h1,4H,9H2,2H3,(H2,10,11). The molecule has 0 aliphatic carbocycles. The highest BCUT2D eigenvalue weighted by atomic mass is 14.9. The quantitative estimate of drug-likeness (QED) is 0.526. The normalized spacial score (nSPS) is 9.09. The van der Waals surface area contributed by atoms with Crippen molar-refractivity contribution in [3.8, 4) is 12.3 Å². The van der Waals surface area contributed by atoms with E-state index in [1.807, 2.05) is 6.92 Å². The SMILES string of the molecule is C#Cc1cc(C)c(N)c(N)n1. The van der Waals surface area contributed by atoms with Gasteiger partial charge in [-0.1, -0.05) is 5.92 Å². The summed E-state index contributed by atoms with van der Waals surface area (Å²) in [5.41, 5.74) is 12.9. The molecule has 4 N–H and O–H groups in total. The van der Waals surface area contributed by atoms with Gasteiger partial charge in [0.1, 0.15) is 11.5 Å². The van der Waals surface area contributed by atoms with Crippen molar-refractivity contribution in [1.82, 2.24) is 4.98 Å². The van der Waals surface area contributed by atoms with Gasteiger partial charge in [0, 0.05) is 0 Å². The van der Waals surface area contributed by atoms with E-state index >= 15 is 0 Å². The van der Waals surface area contributed by atoms with Crippen molar-refractivity contribution in [3.63, 3.8) is 0 Å². The highest BCUT2D eigenvalue weighted by molar-refractivity contribution is 5.64. The van der Waals surface area contributed by atoms with Crippen LogP contribution >= 0.6 is 0 Å². The summed E-state index contributed by atoms with van der Waals surface area (Å²) in [6.45, 7) is 1.84. The number of aryl methyl sites for hydroxylation is 1. The first-order chi connectivity index (χ1) is 5.15. The van der Waals surface area contributed by atoms with Gasteiger partial charge in [-0.25, -0.2) is 4.98 Å². The molecule has 0 amide bonds. The van der Waals surface area contributed by atoms with Crippen LogP contribution in [0.15, 0.2) is 6.07 Å². The molecule has 0 fully saturated rings. The summed E-state index contributed by atoms with van der Waals surface area (Å²) >= 11 is 0. The van der Waals surface area contributed by atoms with Crippen LogP contribution in [-0.2, 0) is 0 Å². The lowest BCUT2D eigenvalue weighted by atomic mass is 10.2. The predicted molar refractivity (Wildman–Crippen MR) is 45.7 cm³/mol. The van der Waals surface area contributed by atoms with Gasteiger partial charge in [-0.3, -0.25) is 0 Å². The molecule has 0 aliphatic rings. The second-order valence-electron chi connectivity index (χ2n) is 2.27. The molecule has 3 nitrogen and oxygen atoms in total. The Labute approximate surface area is 65.4 Å². The topological polar surface area (TPSA) is 64.9 Å². The Morgan fingerprint density at radius 2 is 2.18 bits per heavy atom. The Balaban J connectivity index is 3.35. The van der Waals surface area contributed by atoms with E-state index in [4.69, 9.17) is 17.9 Å². The highest BCUT2D eigenvalue weighted by Crippen LogP contribution is 2.16. The Morgan fingerprint density at radius 3 is 2.64 bits per heavy atom. The van der Waals surface area contributed by atoms with Crippen molar-refractivity contribution in [3.05, 3.63) is 17.3 Å². The predicted octanol–water partition coefficient (Wildman–Crippen LogP) is 0.536. The number of rotatable bonds is 0. The molecule has 0 saturated carbocycles. The minimum atomic E-state index is 0.304. The first-order valence-corrected chi connectivity index (χ1v) is 3.14. The molecule has 1 aromatic rings. The maximum atomic E-state index is 5.55. The molecule has 11 heavy (non-hydrogen) atoms. The smallest absolute Gasteiger partial charge is 0.148 e. The van der Waals surface area contributed by atoms with Crippen LogP contribution in [0, 0.1) is 19.3 Å². The largest absolute Gasteiger partial charge is 0.396 e. The minimum Gasteiger partial charge on any atom is -0.396 e. The van der Waals surface area contributed by atoms with E-state index in [1.165, 1.54) is 0 Å². The van der Waals surface area contributed by atoms with E-state index in [2.05, 4.69) is 10.9 Å². The highest BCUT2D eigenvalue weighted by Gasteiger charge is 2.00. The fourth-order valence-electron chi connectivity index (χ4n) is 0.781. The van der Waals surface area contributed by atoms with Crippen LogP contribution in [0.1, 0.15) is 11.3 Å². The lowest BCUT2D eigenvalue weighted by molar-refractivity contribution is 1.27. The molecule has 3 heteroatoms. The second-order valence-corrected chi connectivity index (χ2v) is 2.27. The zero-order chi connectivity index (χ0) is 8.43. The molecule has 0 bridgehead atoms. The first kappa shape index (κ1) is 7.42. The average molecular weight is 147 g/mol. The lowest BCUT2D eigenvalue weighted by Crippen LogP contribution is -2.01. The van der Waals surface area contributed by atoms with Crippen LogP contribution in [0.5, 0.6) is 0 Å². The number of nitrogens with two attached hydrogens (primary N) is 2. The van der Waals surface area contributed by atoms with Gasteiger partial charge in [0.15, 0.2) is 0 Å². The van der Waals surface area contributed by atoms with E-state index in [0.29, 0.717) is 17.2 Å². The van der Waals surface area contributed by atoms with Gasteiger partial charge in [0.25, 0.3) is 0 Å². The number of nitrogen functional groups attached to an aromatic ring is 2. The minimum absolute atomic E-state index is 0.304. The molecular formula is C8H9N3. The van der Waals surface area contributed by atoms with E-state index in [0.717, 1.165) is 5.56 Å². The summed E-state index contributed by atoms with van der Waals surface area (Å²) in [5, 5.41) is 0. The summed E-state index contributed by atoms with van der Waals surface area (Å²) in [6.07, 6.45) is 5.13. The number of hydrogen-bond acceptors (Lipinski definition) is 3. The van der Waals surface area contributed by atoms with Crippen molar-refractivity contribution in [2.24, 2.45) is 0 Å². The van der Waals surface area contributed by atoms with E-state index in [9.17, 15) is 0 Å². The maximum absolute atomic E-state index is 5.55. The molecular weight excluding hydrogens is 138 g/mol. The van der Waals surface area contributed by atoms with Crippen LogP contribution in [0.25, 0.3) is 0 Å². The third-order valence-corrected chi connectivity index (χ3v) is 1.44. The van der Waals surface area contributed by atoms with Gasteiger partial charge in [-0.2, -0.15) is 0 Å². The van der Waals surface area contributed by atoms with E-state index < -0.39 is 0 Å². The lowest BCUT2D eigenvalue weighted by Gasteiger charge is -2.02. The summed E-state index contributed by atoms with van der Waals surface area (Å²) in [4.78, 5) is 3.87. The van der Waals surface area contributed by atoms with Crippen LogP contribution in [0.3, 0.4) is 0 Å². The van der Waals surface area contributed by atoms with Crippen LogP contribution < -0.4 is 11.5 Å². The summed E-state index contributed by atoms with van der Waals surface area (Å²) in [5.74, 6) is 2.69. The summed E-state index contributed by atoms with van der Waals surface area (Å²) < 4.78 is 0. The summed E-state index contributed by atoms with van der Waals surface area (Å²) in [6, 6.07) is 1.73. The van der Waals surface area contributed by atoms with Crippen LogP contribution in [0.4, 0.5) is 11.5 Å². The number of aromatic nitrogens is 1. The third kappa shape index (κ3) is 1.24. The Bertz CT molecular complexity index is 300. The zero-order valence-electron chi connectivity index (χ0n) is 6.26. The number of anilines is 2. The molecule has 0 atom stereocenters. The summed E-state index contributed by atoms with van der Waals surface area (Å²) in [7, 11) is 0. The molecule has 0 spiro atoms. The third-order valence-electron chi connectivity index (χ3n) is 1.44. The molecule has 1 rings (SSSR count). The molecule has 1 heterocycles. The van der Waals surface area contributed by atoms with Crippen molar-refractivity contribution >= 4 is 11.5 Å². The van der Waals surface area contributed by atoms with Crippen molar-refractivity contribution in [1.29, 1.82) is 0 Å². The molecule has 0 unspecified atom stereocenters. The van der Waals surface area contributed by atoms with Crippen molar-refractivity contribution in [2.45, 2.75) is 6.92 Å². The van der Waals surface area contributed by atoms with Gasteiger partial charge >= 0.3 is 0 Å². The molecule has 0 radical (unpaired) electrons. The van der Waals surface area contributed by atoms with E-state index in [1.54, 1.807) is 6.07 Å². The molecule has 0 aromatic carbocycles. The van der Waals surface area contributed by atoms with Gasteiger partial charge in [-0.15, -0.1) is 6.42 Å². The monoisotopic (exact) mass is 147 g/mol. The number of hydrogen-bond donors (Lipinski definition) is 2. The fourth-order valence-corrected chi connectivity index (χ4v) is 0.781. The second kappa shape index (κ2) is 2.51.